The summed E-state index contributed by atoms with van der Waals surface area (Å²) in [7, 11) is 3.25. The van der Waals surface area contributed by atoms with E-state index >= 15 is 0 Å². The van der Waals surface area contributed by atoms with Crippen LogP contribution in [0.3, 0.4) is 0 Å². The van der Waals surface area contributed by atoms with Gasteiger partial charge in [-0.1, -0.05) is 24.3 Å². The van der Waals surface area contributed by atoms with Crippen molar-refractivity contribution in [1.82, 2.24) is 10.2 Å². The molecule has 1 saturated heterocycles. The number of rotatable bonds is 6. The van der Waals surface area contributed by atoms with Crippen LogP contribution in [0.2, 0.25) is 0 Å². The SMILES string of the molecule is CCOCc1ccccc1CNC(=NC)N1CCC(C(=O)OC)CC1.I. The Labute approximate surface area is 173 Å². The van der Waals surface area contributed by atoms with Crippen LogP contribution >= 0.6 is 24.0 Å². The van der Waals surface area contributed by atoms with E-state index in [2.05, 4.69) is 27.3 Å². The molecule has 7 heteroatoms. The summed E-state index contributed by atoms with van der Waals surface area (Å²) in [5.41, 5.74) is 2.40. The number of ether oxygens (including phenoxy) is 2. The summed E-state index contributed by atoms with van der Waals surface area (Å²) < 4.78 is 10.4. The van der Waals surface area contributed by atoms with E-state index in [9.17, 15) is 4.79 Å². The highest BCUT2D eigenvalue weighted by atomic mass is 127. The van der Waals surface area contributed by atoms with Gasteiger partial charge < -0.3 is 19.7 Å². The fourth-order valence-corrected chi connectivity index (χ4v) is 3.08. The second kappa shape index (κ2) is 12.1. The van der Waals surface area contributed by atoms with Gasteiger partial charge in [-0.05, 0) is 30.9 Å². The first-order valence-corrected chi connectivity index (χ1v) is 8.87. The predicted octanol–water partition coefficient (Wildman–Crippen LogP) is 2.80. The van der Waals surface area contributed by atoms with Crippen LogP contribution < -0.4 is 5.32 Å². The monoisotopic (exact) mass is 475 g/mol. The van der Waals surface area contributed by atoms with Crippen LogP contribution in [0.1, 0.15) is 30.9 Å². The molecule has 0 bridgehead atoms. The van der Waals surface area contributed by atoms with E-state index in [0.717, 1.165) is 31.9 Å². The summed E-state index contributed by atoms with van der Waals surface area (Å²) in [4.78, 5) is 18.2. The molecule has 0 radical (unpaired) electrons. The molecule has 1 fully saturated rings. The average Bonchev–Trinajstić information content (AvgIpc) is 2.67. The van der Waals surface area contributed by atoms with Crippen molar-refractivity contribution in [2.24, 2.45) is 10.9 Å². The lowest BCUT2D eigenvalue weighted by atomic mass is 9.97. The van der Waals surface area contributed by atoms with E-state index in [4.69, 9.17) is 9.47 Å². The number of likely N-dealkylation sites (tertiary alicyclic amines) is 1. The molecule has 1 aliphatic heterocycles. The Hall–Kier alpha value is -1.35. The summed E-state index contributed by atoms with van der Waals surface area (Å²) >= 11 is 0. The number of aliphatic imine (C=N–C) groups is 1. The molecule has 0 aliphatic carbocycles. The zero-order valence-corrected chi connectivity index (χ0v) is 18.2. The van der Waals surface area contributed by atoms with E-state index in [1.807, 2.05) is 19.1 Å². The van der Waals surface area contributed by atoms with E-state index in [1.165, 1.54) is 18.2 Å². The molecule has 0 unspecified atom stereocenters. The highest BCUT2D eigenvalue weighted by molar-refractivity contribution is 14.0. The molecule has 2 rings (SSSR count). The maximum absolute atomic E-state index is 11.6. The van der Waals surface area contributed by atoms with Gasteiger partial charge in [-0.2, -0.15) is 0 Å². The topological polar surface area (TPSA) is 63.2 Å². The number of nitrogens with one attached hydrogen (secondary N) is 1. The number of hydrogen-bond acceptors (Lipinski definition) is 4. The standard InChI is InChI=1S/C19H29N3O3.HI/c1-4-25-14-17-8-6-5-7-16(17)13-21-19(20-2)22-11-9-15(10-12-22)18(23)24-3;/h5-8,15H,4,9-14H2,1-3H3,(H,20,21);1H. The van der Waals surface area contributed by atoms with Gasteiger partial charge in [0, 0.05) is 33.3 Å². The largest absolute Gasteiger partial charge is 0.469 e. The third-order valence-electron chi connectivity index (χ3n) is 4.56. The van der Waals surface area contributed by atoms with Gasteiger partial charge in [-0.3, -0.25) is 9.79 Å². The summed E-state index contributed by atoms with van der Waals surface area (Å²) in [5.74, 6) is 0.772. The quantitative estimate of drug-likeness (QED) is 0.297. The van der Waals surface area contributed by atoms with Gasteiger partial charge in [0.25, 0.3) is 0 Å². The number of carbonyl (C=O) groups is 1. The zero-order valence-electron chi connectivity index (χ0n) is 15.9. The summed E-state index contributed by atoms with van der Waals surface area (Å²) in [6.07, 6.45) is 1.60. The molecule has 1 aromatic rings. The number of guanidine groups is 1. The van der Waals surface area contributed by atoms with Crippen molar-refractivity contribution in [2.45, 2.75) is 32.9 Å². The van der Waals surface area contributed by atoms with Gasteiger partial charge >= 0.3 is 5.97 Å². The minimum absolute atomic E-state index is 0. The van der Waals surface area contributed by atoms with E-state index in [0.29, 0.717) is 19.8 Å². The first-order chi connectivity index (χ1) is 12.2. The third-order valence-corrected chi connectivity index (χ3v) is 4.56. The number of benzene rings is 1. The molecule has 1 N–H and O–H groups in total. The van der Waals surface area contributed by atoms with Crippen molar-refractivity contribution >= 4 is 35.9 Å². The number of nitrogens with zero attached hydrogens (tertiary/aromatic N) is 2. The van der Waals surface area contributed by atoms with E-state index < -0.39 is 0 Å². The number of piperidine rings is 1. The number of hydrogen-bond donors (Lipinski definition) is 1. The van der Waals surface area contributed by atoms with Crippen LogP contribution in [-0.2, 0) is 27.4 Å². The van der Waals surface area contributed by atoms with Gasteiger partial charge in [-0.15, -0.1) is 24.0 Å². The second-order valence-corrected chi connectivity index (χ2v) is 6.09. The Morgan fingerprint density at radius 1 is 1.27 bits per heavy atom. The van der Waals surface area contributed by atoms with Crippen molar-refractivity contribution in [2.75, 3.05) is 33.9 Å². The van der Waals surface area contributed by atoms with Crippen molar-refractivity contribution < 1.29 is 14.3 Å². The maximum Gasteiger partial charge on any atom is 0.308 e. The van der Waals surface area contributed by atoms with Crippen LogP contribution in [0, 0.1) is 5.92 Å². The summed E-state index contributed by atoms with van der Waals surface area (Å²) in [6.45, 7) is 5.64. The third kappa shape index (κ3) is 6.42. The molecule has 0 amide bonds. The predicted molar refractivity (Wildman–Crippen MR) is 114 cm³/mol. The van der Waals surface area contributed by atoms with Crippen LogP contribution in [-0.4, -0.2) is 50.7 Å². The second-order valence-electron chi connectivity index (χ2n) is 6.09. The van der Waals surface area contributed by atoms with E-state index in [1.54, 1.807) is 7.05 Å². The molecule has 1 aliphatic rings. The molecule has 0 aromatic heterocycles. The lowest BCUT2D eigenvalue weighted by molar-refractivity contribution is -0.146. The molecule has 0 spiro atoms. The molecule has 6 nitrogen and oxygen atoms in total. The lowest BCUT2D eigenvalue weighted by Gasteiger charge is -2.33. The molecular formula is C19H30IN3O3. The highest BCUT2D eigenvalue weighted by Gasteiger charge is 2.26. The van der Waals surface area contributed by atoms with Gasteiger partial charge in [0.15, 0.2) is 5.96 Å². The molecule has 26 heavy (non-hydrogen) atoms. The van der Waals surface area contributed by atoms with Crippen LogP contribution in [0.25, 0.3) is 0 Å². The number of esters is 1. The van der Waals surface area contributed by atoms with Crippen molar-refractivity contribution in [3.05, 3.63) is 35.4 Å². The van der Waals surface area contributed by atoms with Gasteiger partial charge in [0.2, 0.25) is 0 Å². The smallest absolute Gasteiger partial charge is 0.308 e. The molecule has 0 saturated carbocycles. The number of methoxy groups -OCH3 is 1. The average molecular weight is 475 g/mol. The molecule has 146 valence electrons. The fraction of sp³-hybridized carbons (Fsp3) is 0.579. The molecule has 0 atom stereocenters. The van der Waals surface area contributed by atoms with Gasteiger partial charge in [0.1, 0.15) is 0 Å². The van der Waals surface area contributed by atoms with Gasteiger partial charge in [-0.25, -0.2) is 0 Å². The summed E-state index contributed by atoms with van der Waals surface area (Å²) in [6, 6.07) is 8.27. The van der Waals surface area contributed by atoms with Crippen LogP contribution in [0.4, 0.5) is 0 Å². The van der Waals surface area contributed by atoms with Crippen LogP contribution in [0.15, 0.2) is 29.3 Å². The van der Waals surface area contributed by atoms with Crippen molar-refractivity contribution in [3.8, 4) is 0 Å². The first kappa shape index (κ1) is 22.7. The first-order valence-electron chi connectivity index (χ1n) is 8.87. The maximum atomic E-state index is 11.6. The molecular weight excluding hydrogens is 445 g/mol. The Morgan fingerprint density at radius 2 is 1.92 bits per heavy atom. The fourth-order valence-electron chi connectivity index (χ4n) is 3.08. The number of carbonyl (C=O) groups excluding carboxylic acids is 1. The Kier molecular flexibility index (Phi) is 10.6. The zero-order chi connectivity index (χ0) is 18.1. The van der Waals surface area contributed by atoms with Crippen molar-refractivity contribution in [3.63, 3.8) is 0 Å². The minimum Gasteiger partial charge on any atom is -0.469 e. The summed E-state index contributed by atoms with van der Waals surface area (Å²) in [5, 5.41) is 3.43. The Balaban J connectivity index is 0.00000338. The normalized spacial score (nSPS) is 15.3. The Morgan fingerprint density at radius 3 is 2.50 bits per heavy atom. The van der Waals surface area contributed by atoms with Crippen LogP contribution in [0.5, 0.6) is 0 Å². The molecule has 1 aromatic carbocycles. The highest BCUT2D eigenvalue weighted by Crippen LogP contribution is 2.18. The van der Waals surface area contributed by atoms with Crippen molar-refractivity contribution in [1.29, 1.82) is 0 Å². The Bertz CT molecular complexity index is 587. The van der Waals surface area contributed by atoms with E-state index in [-0.39, 0.29) is 35.9 Å². The minimum atomic E-state index is -0.104. The lowest BCUT2D eigenvalue weighted by Crippen LogP contribution is -2.46. The number of halogens is 1. The van der Waals surface area contributed by atoms with Gasteiger partial charge in [0.05, 0.1) is 19.6 Å². The molecule has 1 heterocycles.